The van der Waals surface area contributed by atoms with E-state index in [0.29, 0.717) is 19.1 Å². The summed E-state index contributed by atoms with van der Waals surface area (Å²) in [5.74, 6) is -1.17. The van der Waals surface area contributed by atoms with Gasteiger partial charge in [-0.05, 0) is 87.8 Å². The van der Waals surface area contributed by atoms with Crippen LogP contribution in [-0.2, 0) is 22.7 Å². The number of fused-ring (bicyclic) bond motifs is 1. The Bertz CT molecular complexity index is 2040. The summed E-state index contributed by atoms with van der Waals surface area (Å²) in [4.78, 5) is 23.5. The topological polar surface area (TPSA) is 85.9 Å². The molecule has 0 saturated carbocycles. The van der Waals surface area contributed by atoms with Gasteiger partial charge in [-0.25, -0.2) is 17.7 Å². The molecule has 6 rings (SSSR count). The highest BCUT2D eigenvalue weighted by Crippen LogP contribution is 2.38. The first-order chi connectivity index (χ1) is 25.0. The molecule has 0 bridgehead atoms. The Morgan fingerprint density at radius 2 is 1.57 bits per heavy atom. The predicted octanol–water partition coefficient (Wildman–Crippen LogP) is 7.65. The number of nitrogens with one attached hydrogen (secondary N) is 1. The molecule has 284 valence electrons. The molecule has 1 amide bonds. The van der Waals surface area contributed by atoms with E-state index >= 15 is 0 Å². The predicted molar refractivity (Wildman–Crippen MR) is 189 cm³/mol. The number of carbonyl (C=O) groups excluding carboxylic acids is 1. The molecule has 2 saturated heterocycles. The minimum absolute atomic E-state index is 0.00870. The van der Waals surface area contributed by atoms with Gasteiger partial charge in [0.2, 0.25) is 10.0 Å². The van der Waals surface area contributed by atoms with Crippen molar-refractivity contribution < 1.29 is 39.6 Å². The third-order valence-corrected chi connectivity index (χ3v) is 11.9. The van der Waals surface area contributed by atoms with Gasteiger partial charge in [-0.15, -0.1) is 0 Å². The van der Waals surface area contributed by atoms with Crippen molar-refractivity contribution in [2.24, 2.45) is 0 Å². The molecule has 15 heteroatoms. The van der Waals surface area contributed by atoms with E-state index in [1.54, 1.807) is 0 Å². The number of rotatable bonds is 9. The van der Waals surface area contributed by atoms with E-state index < -0.39 is 39.9 Å². The quantitative estimate of drug-likeness (QED) is 0.177. The molecule has 0 unspecified atom stereocenters. The summed E-state index contributed by atoms with van der Waals surface area (Å²) < 4.78 is 113. The van der Waals surface area contributed by atoms with Crippen LogP contribution in [-0.4, -0.2) is 85.9 Å². The molecule has 0 radical (unpaired) electrons. The summed E-state index contributed by atoms with van der Waals surface area (Å²) in [5, 5.41) is 2.10. The molecule has 2 fully saturated rings. The average molecular weight is 762 g/mol. The summed E-state index contributed by atoms with van der Waals surface area (Å²) in [5.41, 5.74) is -1.38. The lowest BCUT2D eigenvalue weighted by Crippen LogP contribution is -2.46. The van der Waals surface area contributed by atoms with Crippen LogP contribution in [0.3, 0.4) is 0 Å². The van der Waals surface area contributed by atoms with Gasteiger partial charge in [0.15, 0.2) is 6.04 Å². The van der Waals surface area contributed by atoms with Crippen LogP contribution in [0.15, 0.2) is 77.7 Å². The van der Waals surface area contributed by atoms with Crippen molar-refractivity contribution in [3.8, 4) is 11.3 Å². The number of halogens is 6. The molecule has 3 aromatic carbocycles. The Kier molecular flexibility index (Phi) is 11.2. The van der Waals surface area contributed by atoms with Crippen LogP contribution >= 0.6 is 0 Å². The molecule has 53 heavy (non-hydrogen) atoms. The molecule has 8 nitrogen and oxygen atoms in total. The minimum Gasteiger partial charge on any atom is -0.337 e. The van der Waals surface area contributed by atoms with Gasteiger partial charge in [0, 0.05) is 43.2 Å². The molecular formula is C38H41F6N5O3S. The van der Waals surface area contributed by atoms with E-state index in [-0.39, 0.29) is 50.3 Å². The largest absolute Gasteiger partial charge is 0.416 e. The fourth-order valence-electron chi connectivity index (χ4n) is 7.30. The molecular weight excluding hydrogens is 721 g/mol. The van der Waals surface area contributed by atoms with Gasteiger partial charge in [0.25, 0.3) is 5.91 Å². The van der Waals surface area contributed by atoms with Crippen molar-refractivity contribution in [1.29, 1.82) is 0 Å². The highest BCUT2D eigenvalue weighted by Gasteiger charge is 2.43. The molecule has 1 atom stereocenters. The number of pyridine rings is 1. The maximum Gasteiger partial charge on any atom is 0.416 e. The van der Waals surface area contributed by atoms with E-state index in [0.717, 1.165) is 55.2 Å². The van der Waals surface area contributed by atoms with Crippen molar-refractivity contribution in [3.63, 3.8) is 0 Å². The molecule has 0 spiro atoms. The van der Waals surface area contributed by atoms with Crippen LogP contribution in [0.25, 0.3) is 22.2 Å². The zero-order chi connectivity index (χ0) is 38.1. The molecule has 0 aliphatic carbocycles. The highest BCUT2D eigenvalue weighted by atomic mass is 32.2. The minimum atomic E-state index is -4.93. The second kappa shape index (κ2) is 15.4. The Balaban J connectivity index is 1.54. The van der Waals surface area contributed by atoms with Crippen LogP contribution < -0.4 is 5.32 Å². The Hall–Kier alpha value is -4.05. The number of piperidine rings is 2. The fraction of sp³-hybridized carbons (Fsp3) is 0.421. The smallest absolute Gasteiger partial charge is 0.337 e. The molecule has 1 aromatic heterocycles. The Morgan fingerprint density at radius 1 is 0.887 bits per heavy atom. The summed E-state index contributed by atoms with van der Waals surface area (Å²) in [6.45, 7) is 3.10. The molecule has 2 aliphatic rings. The first-order valence-corrected chi connectivity index (χ1v) is 18.9. The summed E-state index contributed by atoms with van der Waals surface area (Å²) in [6.07, 6.45) is -4.64. The molecule has 3 heterocycles. The van der Waals surface area contributed by atoms with Gasteiger partial charge in [-0.1, -0.05) is 48.9 Å². The Morgan fingerprint density at radius 3 is 2.19 bits per heavy atom. The Labute approximate surface area is 304 Å². The molecule has 1 N–H and O–H groups in total. The van der Waals surface area contributed by atoms with Crippen LogP contribution in [0.1, 0.15) is 65.2 Å². The van der Waals surface area contributed by atoms with E-state index in [2.05, 4.69) is 10.2 Å². The normalized spacial score (nSPS) is 17.7. The monoisotopic (exact) mass is 761 g/mol. The lowest BCUT2D eigenvalue weighted by molar-refractivity contribution is -0.155. The number of benzene rings is 3. The third-order valence-electron chi connectivity index (χ3n) is 10.1. The van der Waals surface area contributed by atoms with E-state index in [1.165, 1.54) is 81.2 Å². The standard InChI is InChI=1S/C38H41F6N5O3S/c1-47(2)53(51,52)29-14-15-32-30(23-29)33(36(50)46-35(38(42,43)44)25-10-5-3-6-11-25)31(34(45-32)26-12-9-13-27(22-26)37(39,40)41)24-48-20-16-28(17-21-48)49-18-7-4-8-19-49/h3,5-6,9-15,22-23,28,35H,4,7-8,16-21,24H2,1-2H3,(H,46,50)/t35-/m1/s1. The zero-order valence-electron chi connectivity index (χ0n) is 29.3. The number of alkyl halides is 6. The summed E-state index contributed by atoms with van der Waals surface area (Å²) in [7, 11) is -1.46. The van der Waals surface area contributed by atoms with Crippen molar-refractivity contribution in [2.75, 3.05) is 40.3 Å². The fourth-order valence-corrected chi connectivity index (χ4v) is 8.23. The lowest BCUT2D eigenvalue weighted by atomic mass is 9.93. The number of likely N-dealkylation sites (tertiary alicyclic amines) is 2. The van der Waals surface area contributed by atoms with Gasteiger partial charge in [-0.2, -0.15) is 26.3 Å². The van der Waals surface area contributed by atoms with Gasteiger partial charge >= 0.3 is 12.4 Å². The van der Waals surface area contributed by atoms with Gasteiger partial charge < -0.3 is 10.2 Å². The van der Waals surface area contributed by atoms with Crippen molar-refractivity contribution in [2.45, 2.75) is 68.0 Å². The SMILES string of the molecule is CN(C)S(=O)(=O)c1ccc2nc(-c3cccc(C(F)(F)F)c3)c(CN3CCC(N4CCCCC4)CC3)c(C(=O)N[C@H](c3ccccc3)C(F)(F)F)c2c1. The van der Waals surface area contributed by atoms with Crippen LogP contribution in [0.4, 0.5) is 26.3 Å². The number of sulfonamides is 1. The number of amides is 1. The number of carbonyl (C=O) groups is 1. The number of hydrogen-bond acceptors (Lipinski definition) is 6. The van der Waals surface area contributed by atoms with E-state index in [4.69, 9.17) is 4.98 Å². The number of aromatic nitrogens is 1. The molecule has 2 aliphatic heterocycles. The van der Waals surface area contributed by atoms with Crippen molar-refractivity contribution in [3.05, 3.63) is 95.1 Å². The maximum absolute atomic E-state index is 14.6. The van der Waals surface area contributed by atoms with Crippen molar-refractivity contribution in [1.82, 2.24) is 24.4 Å². The summed E-state index contributed by atoms with van der Waals surface area (Å²) in [6, 6.07) is 12.9. The van der Waals surface area contributed by atoms with Crippen LogP contribution in [0.5, 0.6) is 0 Å². The second-order valence-corrected chi connectivity index (χ2v) is 16.0. The third kappa shape index (κ3) is 8.53. The number of nitrogens with zero attached hydrogens (tertiary/aromatic N) is 4. The van der Waals surface area contributed by atoms with E-state index in [1.807, 2.05) is 4.90 Å². The average Bonchev–Trinajstić information content (AvgIpc) is 3.13. The van der Waals surface area contributed by atoms with E-state index in [9.17, 15) is 39.6 Å². The second-order valence-electron chi connectivity index (χ2n) is 13.8. The van der Waals surface area contributed by atoms with Gasteiger partial charge in [-0.3, -0.25) is 9.69 Å². The molecule has 4 aromatic rings. The lowest BCUT2D eigenvalue weighted by Gasteiger charge is -2.40. The van der Waals surface area contributed by atoms with Crippen LogP contribution in [0.2, 0.25) is 0 Å². The first kappa shape index (κ1) is 38.7. The maximum atomic E-state index is 14.6. The highest BCUT2D eigenvalue weighted by molar-refractivity contribution is 7.89. The zero-order valence-corrected chi connectivity index (χ0v) is 30.2. The van der Waals surface area contributed by atoms with Crippen LogP contribution in [0, 0.1) is 0 Å². The van der Waals surface area contributed by atoms with Crippen molar-refractivity contribution >= 4 is 26.8 Å². The number of hydrogen-bond donors (Lipinski definition) is 1. The van der Waals surface area contributed by atoms with Gasteiger partial charge in [0.1, 0.15) is 0 Å². The summed E-state index contributed by atoms with van der Waals surface area (Å²) >= 11 is 0. The first-order valence-electron chi connectivity index (χ1n) is 17.5. The van der Waals surface area contributed by atoms with Gasteiger partial charge in [0.05, 0.1) is 27.2 Å².